The third kappa shape index (κ3) is 6.97. The molecule has 1 aromatic heterocycles. The Hall–Kier alpha value is -3.07. The first kappa shape index (κ1) is 25.0. The van der Waals surface area contributed by atoms with Crippen LogP contribution in [0.3, 0.4) is 0 Å². The lowest BCUT2D eigenvalue weighted by molar-refractivity contribution is 0.269. The van der Waals surface area contributed by atoms with Crippen molar-refractivity contribution < 1.29 is 9.47 Å². The van der Waals surface area contributed by atoms with Gasteiger partial charge in [-0.25, -0.2) is 0 Å². The molecule has 182 valence electrons. The molecule has 1 heterocycles. The van der Waals surface area contributed by atoms with Crippen molar-refractivity contribution in [2.75, 3.05) is 18.9 Å². The van der Waals surface area contributed by atoms with Crippen LogP contribution in [0.15, 0.2) is 71.9 Å². The summed E-state index contributed by atoms with van der Waals surface area (Å²) >= 11 is 8.17. The number of ether oxygens (including phenoxy) is 2. The highest BCUT2D eigenvalue weighted by Gasteiger charge is 2.12. The maximum Gasteiger partial charge on any atom is 0.214 e. The molecule has 0 radical (unpaired) electrons. The second-order valence-electron chi connectivity index (χ2n) is 7.83. The summed E-state index contributed by atoms with van der Waals surface area (Å²) in [5.74, 6) is 2.14. The summed E-state index contributed by atoms with van der Waals surface area (Å²) in [6.45, 7) is 6.39. The highest BCUT2D eigenvalue weighted by Crippen LogP contribution is 2.34. The van der Waals surface area contributed by atoms with Gasteiger partial charge in [0.2, 0.25) is 5.16 Å². The molecule has 0 saturated heterocycles. The van der Waals surface area contributed by atoms with E-state index in [0.29, 0.717) is 36.3 Å². The van der Waals surface area contributed by atoms with Crippen LogP contribution < -0.4 is 14.8 Å². The molecule has 0 saturated carbocycles. The Morgan fingerprint density at radius 3 is 2.54 bits per heavy atom. The van der Waals surface area contributed by atoms with Crippen LogP contribution in [-0.2, 0) is 13.2 Å². The van der Waals surface area contributed by atoms with E-state index < -0.39 is 0 Å². The SMILES string of the molecule is CCOc1cc(CNCCSc2nnnn2-c2ccccc2)c(Cl)cc1OCc1ccc(C)cc1. The lowest BCUT2D eigenvalue weighted by Crippen LogP contribution is -2.17. The highest BCUT2D eigenvalue weighted by atomic mass is 35.5. The average molecular weight is 510 g/mol. The lowest BCUT2D eigenvalue weighted by atomic mass is 10.1. The van der Waals surface area contributed by atoms with Crippen molar-refractivity contribution in [3.05, 3.63) is 88.4 Å². The first-order valence-electron chi connectivity index (χ1n) is 11.4. The second kappa shape index (κ2) is 12.6. The Labute approximate surface area is 214 Å². The van der Waals surface area contributed by atoms with E-state index >= 15 is 0 Å². The van der Waals surface area contributed by atoms with Crippen molar-refractivity contribution in [2.45, 2.75) is 32.2 Å². The van der Waals surface area contributed by atoms with E-state index in [1.54, 1.807) is 16.4 Å². The summed E-state index contributed by atoms with van der Waals surface area (Å²) in [6, 6.07) is 21.9. The van der Waals surface area contributed by atoms with Gasteiger partial charge >= 0.3 is 0 Å². The number of aromatic nitrogens is 4. The van der Waals surface area contributed by atoms with E-state index in [-0.39, 0.29) is 0 Å². The number of hydrogen-bond acceptors (Lipinski definition) is 7. The third-order valence-electron chi connectivity index (χ3n) is 5.19. The fourth-order valence-electron chi connectivity index (χ4n) is 3.38. The van der Waals surface area contributed by atoms with Crippen LogP contribution in [0.2, 0.25) is 5.02 Å². The van der Waals surface area contributed by atoms with Gasteiger partial charge in [0.1, 0.15) is 6.61 Å². The zero-order valence-electron chi connectivity index (χ0n) is 19.8. The van der Waals surface area contributed by atoms with Gasteiger partial charge in [0.25, 0.3) is 0 Å². The molecule has 0 aliphatic heterocycles. The number of nitrogens with zero attached hydrogens (tertiary/aromatic N) is 4. The largest absolute Gasteiger partial charge is 0.490 e. The second-order valence-corrected chi connectivity index (χ2v) is 9.30. The van der Waals surface area contributed by atoms with Crippen LogP contribution >= 0.6 is 23.4 Å². The van der Waals surface area contributed by atoms with Crippen LogP contribution in [0.4, 0.5) is 0 Å². The van der Waals surface area contributed by atoms with Gasteiger partial charge in [-0.3, -0.25) is 0 Å². The number of thioether (sulfide) groups is 1. The molecule has 0 aliphatic rings. The zero-order valence-corrected chi connectivity index (χ0v) is 21.4. The van der Waals surface area contributed by atoms with Gasteiger partial charge in [0, 0.05) is 29.9 Å². The molecule has 0 atom stereocenters. The number of aryl methyl sites for hydroxylation is 1. The number of para-hydroxylation sites is 1. The summed E-state index contributed by atoms with van der Waals surface area (Å²) in [4.78, 5) is 0. The minimum atomic E-state index is 0.452. The molecule has 0 unspecified atom stereocenters. The number of hydrogen-bond donors (Lipinski definition) is 1. The smallest absolute Gasteiger partial charge is 0.214 e. The molecule has 4 rings (SSSR count). The predicted octanol–water partition coefficient (Wildman–Crippen LogP) is 5.48. The maximum atomic E-state index is 6.58. The van der Waals surface area contributed by atoms with E-state index in [4.69, 9.17) is 21.1 Å². The molecule has 4 aromatic rings. The van der Waals surface area contributed by atoms with Crippen molar-refractivity contribution in [1.29, 1.82) is 0 Å². The summed E-state index contributed by atoms with van der Waals surface area (Å²) < 4.78 is 13.6. The summed E-state index contributed by atoms with van der Waals surface area (Å²) in [5, 5.41) is 16.9. The normalized spacial score (nSPS) is 10.9. The van der Waals surface area contributed by atoms with Crippen molar-refractivity contribution in [1.82, 2.24) is 25.5 Å². The predicted molar refractivity (Wildman–Crippen MR) is 140 cm³/mol. The molecule has 3 aromatic carbocycles. The molecule has 7 nitrogen and oxygen atoms in total. The minimum Gasteiger partial charge on any atom is -0.490 e. The number of tetrazole rings is 1. The Balaban J connectivity index is 1.31. The Morgan fingerprint density at radius 1 is 1.00 bits per heavy atom. The van der Waals surface area contributed by atoms with Crippen LogP contribution in [0, 0.1) is 6.92 Å². The summed E-state index contributed by atoms with van der Waals surface area (Å²) in [7, 11) is 0. The number of halogens is 1. The maximum absolute atomic E-state index is 6.58. The minimum absolute atomic E-state index is 0.452. The standard InChI is InChI=1S/C26H28ClN5O2S/c1-3-33-24-15-21(23(27)16-25(24)34-18-20-11-9-19(2)10-12-20)17-28-13-14-35-26-29-30-31-32(26)22-7-5-4-6-8-22/h4-12,15-16,28H,3,13-14,17-18H2,1-2H3. The number of nitrogens with one attached hydrogen (secondary N) is 1. The van der Waals surface area contributed by atoms with Crippen molar-refractivity contribution in [2.24, 2.45) is 0 Å². The fourth-order valence-corrected chi connectivity index (χ4v) is 4.38. The molecule has 1 N–H and O–H groups in total. The summed E-state index contributed by atoms with van der Waals surface area (Å²) in [6.07, 6.45) is 0. The fraction of sp³-hybridized carbons (Fsp3) is 0.269. The van der Waals surface area contributed by atoms with Gasteiger partial charge in [-0.2, -0.15) is 4.68 Å². The van der Waals surface area contributed by atoms with E-state index in [1.165, 1.54) is 5.56 Å². The third-order valence-corrected chi connectivity index (χ3v) is 6.47. The van der Waals surface area contributed by atoms with Crippen LogP contribution in [-0.4, -0.2) is 39.1 Å². The zero-order chi connectivity index (χ0) is 24.5. The quantitative estimate of drug-likeness (QED) is 0.200. The molecule has 0 spiro atoms. The molecule has 0 amide bonds. The average Bonchev–Trinajstić information content (AvgIpc) is 3.35. The van der Waals surface area contributed by atoms with Crippen LogP contribution in [0.1, 0.15) is 23.6 Å². The van der Waals surface area contributed by atoms with E-state index in [9.17, 15) is 0 Å². The Kier molecular flexibility index (Phi) is 9.00. The van der Waals surface area contributed by atoms with Gasteiger partial charge < -0.3 is 14.8 Å². The van der Waals surface area contributed by atoms with Crippen molar-refractivity contribution in [3.63, 3.8) is 0 Å². The molecule has 9 heteroatoms. The molecule has 0 bridgehead atoms. The Morgan fingerprint density at radius 2 is 1.77 bits per heavy atom. The molecule has 35 heavy (non-hydrogen) atoms. The number of rotatable bonds is 12. The molecular formula is C26H28ClN5O2S. The first-order chi connectivity index (χ1) is 17.1. The monoisotopic (exact) mass is 509 g/mol. The van der Waals surface area contributed by atoms with Crippen molar-refractivity contribution in [3.8, 4) is 17.2 Å². The van der Waals surface area contributed by atoms with Gasteiger partial charge in [-0.1, -0.05) is 71.4 Å². The van der Waals surface area contributed by atoms with Gasteiger partial charge in [-0.15, -0.1) is 5.10 Å². The topological polar surface area (TPSA) is 74.1 Å². The lowest BCUT2D eigenvalue weighted by Gasteiger charge is -2.15. The summed E-state index contributed by atoms with van der Waals surface area (Å²) in [5.41, 5.74) is 4.21. The van der Waals surface area contributed by atoms with Crippen LogP contribution in [0.5, 0.6) is 11.5 Å². The van der Waals surface area contributed by atoms with E-state index in [0.717, 1.165) is 34.3 Å². The first-order valence-corrected chi connectivity index (χ1v) is 12.8. The van der Waals surface area contributed by atoms with Gasteiger partial charge in [-0.05, 0) is 53.6 Å². The van der Waals surface area contributed by atoms with Gasteiger partial charge in [0.15, 0.2) is 11.5 Å². The van der Waals surface area contributed by atoms with Gasteiger partial charge in [0.05, 0.1) is 12.3 Å². The molecular weight excluding hydrogens is 482 g/mol. The van der Waals surface area contributed by atoms with Crippen LogP contribution in [0.25, 0.3) is 5.69 Å². The highest BCUT2D eigenvalue weighted by molar-refractivity contribution is 7.99. The van der Waals surface area contributed by atoms with E-state index in [2.05, 4.69) is 52.0 Å². The molecule has 0 fully saturated rings. The van der Waals surface area contributed by atoms with E-state index in [1.807, 2.05) is 49.4 Å². The number of benzene rings is 3. The Bertz CT molecular complexity index is 1220. The van der Waals surface area contributed by atoms with Crippen molar-refractivity contribution >= 4 is 23.4 Å². The molecule has 0 aliphatic carbocycles.